The third kappa shape index (κ3) is 2.35. The van der Waals surface area contributed by atoms with Gasteiger partial charge in [0.1, 0.15) is 0 Å². The van der Waals surface area contributed by atoms with Gasteiger partial charge >= 0.3 is 0 Å². The second-order valence-corrected chi connectivity index (χ2v) is 7.30. The highest BCUT2D eigenvalue weighted by molar-refractivity contribution is 6.31. The topological polar surface area (TPSA) is 26.5 Å². The molecule has 0 spiro atoms. The summed E-state index contributed by atoms with van der Waals surface area (Å²) < 4.78 is 7.92. The van der Waals surface area contributed by atoms with Gasteiger partial charge in [-0.05, 0) is 42.8 Å². The Balaban J connectivity index is 1.95. The van der Waals surface area contributed by atoms with Crippen LogP contribution in [0.15, 0.2) is 54.6 Å². The summed E-state index contributed by atoms with van der Waals surface area (Å²) in [6, 6.07) is 18.7. The van der Waals surface area contributed by atoms with Crippen LogP contribution < -0.4 is 0 Å². The molecule has 2 aromatic heterocycles. The first-order valence-electron chi connectivity index (χ1n) is 8.98. The fourth-order valence-electron chi connectivity index (χ4n) is 4.15. The fraction of sp³-hybridized carbons (Fsp3) is 0.227. The Morgan fingerprint density at radius 3 is 2.77 bits per heavy atom. The molecule has 0 radical (unpaired) electrons. The summed E-state index contributed by atoms with van der Waals surface area (Å²) in [7, 11) is 1.79. The van der Waals surface area contributed by atoms with Crippen molar-refractivity contribution in [2.45, 2.75) is 25.4 Å². The third-order valence-corrected chi connectivity index (χ3v) is 5.58. The van der Waals surface area contributed by atoms with Gasteiger partial charge in [0.05, 0.1) is 23.0 Å². The first-order valence-corrected chi connectivity index (χ1v) is 9.36. The van der Waals surface area contributed by atoms with Crippen molar-refractivity contribution in [1.82, 2.24) is 9.61 Å². The number of aryl methyl sites for hydroxylation is 1. The molecule has 0 amide bonds. The SMILES string of the molecule is COC1CCCc2nn3c(-c4ccccc4)cc4ccc(Cl)cc4c3c21. The summed E-state index contributed by atoms with van der Waals surface area (Å²) in [6.45, 7) is 0. The van der Waals surface area contributed by atoms with Gasteiger partial charge in [-0.15, -0.1) is 0 Å². The number of halogens is 1. The molecule has 1 aliphatic carbocycles. The number of fused-ring (bicyclic) bond motifs is 5. The lowest BCUT2D eigenvalue weighted by Crippen LogP contribution is -2.10. The van der Waals surface area contributed by atoms with E-state index in [1.807, 2.05) is 18.2 Å². The van der Waals surface area contributed by atoms with Gasteiger partial charge in [0.15, 0.2) is 0 Å². The lowest BCUT2D eigenvalue weighted by Gasteiger charge is -2.21. The van der Waals surface area contributed by atoms with Crippen molar-refractivity contribution in [2.75, 3.05) is 7.11 Å². The Morgan fingerprint density at radius 2 is 1.96 bits per heavy atom. The van der Waals surface area contributed by atoms with Gasteiger partial charge in [-0.25, -0.2) is 4.52 Å². The zero-order chi connectivity index (χ0) is 17.7. The van der Waals surface area contributed by atoms with Gasteiger partial charge in [0.25, 0.3) is 0 Å². The van der Waals surface area contributed by atoms with Crippen molar-refractivity contribution in [3.63, 3.8) is 0 Å². The first kappa shape index (κ1) is 15.9. The molecule has 0 aliphatic heterocycles. The first-order chi connectivity index (χ1) is 12.8. The minimum Gasteiger partial charge on any atom is -0.377 e. The molecule has 0 fully saturated rings. The largest absolute Gasteiger partial charge is 0.377 e. The van der Waals surface area contributed by atoms with E-state index in [9.17, 15) is 0 Å². The highest BCUT2D eigenvalue weighted by Gasteiger charge is 2.28. The maximum atomic E-state index is 6.34. The van der Waals surface area contributed by atoms with Crippen LogP contribution in [0.1, 0.15) is 30.2 Å². The number of methoxy groups -OCH3 is 1. The number of nitrogens with zero attached hydrogens (tertiary/aromatic N) is 2. The Morgan fingerprint density at radius 1 is 1.12 bits per heavy atom. The van der Waals surface area contributed by atoms with Gasteiger partial charge in [-0.2, -0.15) is 5.10 Å². The van der Waals surface area contributed by atoms with Crippen LogP contribution in [0.5, 0.6) is 0 Å². The molecule has 4 aromatic rings. The number of rotatable bonds is 2. The Labute approximate surface area is 157 Å². The average molecular weight is 363 g/mol. The van der Waals surface area contributed by atoms with Crippen molar-refractivity contribution in [3.8, 4) is 11.3 Å². The molecule has 0 saturated heterocycles. The molecule has 3 nitrogen and oxygen atoms in total. The van der Waals surface area contributed by atoms with Crippen molar-refractivity contribution in [2.24, 2.45) is 0 Å². The molecule has 0 saturated carbocycles. The smallest absolute Gasteiger partial charge is 0.0861 e. The molecule has 1 atom stereocenters. The normalized spacial score (nSPS) is 16.9. The number of pyridine rings is 1. The van der Waals surface area contributed by atoms with E-state index >= 15 is 0 Å². The highest BCUT2D eigenvalue weighted by atomic mass is 35.5. The van der Waals surface area contributed by atoms with Gasteiger partial charge in [0, 0.05) is 28.6 Å². The summed E-state index contributed by atoms with van der Waals surface area (Å²) in [5, 5.41) is 8.05. The monoisotopic (exact) mass is 362 g/mol. The molecule has 2 heterocycles. The Hall–Kier alpha value is -2.36. The van der Waals surface area contributed by atoms with Crippen LogP contribution in [0.4, 0.5) is 0 Å². The molecule has 1 unspecified atom stereocenters. The second kappa shape index (κ2) is 6.11. The summed E-state index contributed by atoms with van der Waals surface area (Å²) in [4.78, 5) is 0. The maximum Gasteiger partial charge on any atom is 0.0861 e. The zero-order valence-electron chi connectivity index (χ0n) is 14.6. The van der Waals surface area contributed by atoms with E-state index in [1.165, 1.54) is 10.9 Å². The Bertz CT molecular complexity index is 1120. The van der Waals surface area contributed by atoms with Gasteiger partial charge in [-0.1, -0.05) is 48.0 Å². The van der Waals surface area contributed by atoms with Gasteiger partial charge in [0.2, 0.25) is 0 Å². The predicted molar refractivity (Wildman–Crippen MR) is 106 cm³/mol. The van der Waals surface area contributed by atoms with E-state index in [-0.39, 0.29) is 6.10 Å². The molecule has 130 valence electrons. The van der Waals surface area contributed by atoms with Crippen LogP contribution in [0.2, 0.25) is 5.02 Å². The van der Waals surface area contributed by atoms with Crippen molar-refractivity contribution >= 4 is 27.9 Å². The third-order valence-electron chi connectivity index (χ3n) is 5.35. The lowest BCUT2D eigenvalue weighted by atomic mass is 9.92. The molecule has 26 heavy (non-hydrogen) atoms. The van der Waals surface area contributed by atoms with E-state index in [0.717, 1.165) is 52.1 Å². The minimum absolute atomic E-state index is 0.0875. The number of aromatic nitrogens is 2. The van der Waals surface area contributed by atoms with Crippen molar-refractivity contribution < 1.29 is 4.74 Å². The van der Waals surface area contributed by atoms with Crippen LogP contribution in [0.3, 0.4) is 0 Å². The quantitative estimate of drug-likeness (QED) is 0.448. The Kier molecular flexibility index (Phi) is 3.73. The number of benzene rings is 2. The highest BCUT2D eigenvalue weighted by Crippen LogP contribution is 2.40. The fourth-order valence-corrected chi connectivity index (χ4v) is 4.32. The molecule has 0 N–H and O–H groups in total. The molecular weight excluding hydrogens is 344 g/mol. The molecular formula is C22H19ClN2O. The summed E-state index contributed by atoms with van der Waals surface area (Å²) in [5.74, 6) is 0. The van der Waals surface area contributed by atoms with Gasteiger partial charge < -0.3 is 4.74 Å². The summed E-state index contributed by atoms with van der Waals surface area (Å²) in [5.41, 5.74) is 5.75. The number of hydrogen-bond donors (Lipinski definition) is 0. The van der Waals surface area contributed by atoms with E-state index in [1.54, 1.807) is 7.11 Å². The minimum atomic E-state index is 0.0875. The number of ether oxygens (including phenoxy) is 1. The van der Waals surface area contributed by atoms with Crippen LogP contribution >= 0.6 is 11.6 Å². The standard InChI is InChI=1S/C22H19ClN2O/c1-26-20-9-5-8-18-21(20)22-17-13-16(23)11-10-15(17)12-19(25(22)24-18)14-6-3-2-4-7-14/h2-4,6-7,10-13,20H,5,8-9H2,1H3. The summed E-state index contributed by atoms with van der Waals surface area (Å²) in [6.07, 6.45) is 3.22. The van der Waals surface area contributed by atoms with Crippen molar-refractivity contribution in [3.05, 3.63) is 70.9 Å². The maximum absolute atomic E-state index is 6.34. The van der Waals surface area contributed by atoms with Crippen molar-refractivity contribution in [1.29, 1.82) is 0 Å². The predicted octanol–water partition coefficient (Wildman–Crippen LogP) is 5.83. The van der Waals surface area contributed by atoms with Crippen LogP contribution in [0.25, 0.3) is 27.5 Å². The van der Waals surface area contributed by atoms with Crippen LogP contribution in [-0.4, -0.2) is 16.7 Å². The van der Waals surface area contributed by atoms with E-state index < -0.39 is 0 Å². The zero-order valence-corrected chi connectivity index (χ0v) is 15.3. The molecule has 2 aromatic carbocycles. The lowest BCUT2D eigenvalue weighted by molar-refractivity contribution is 0.0892. The van der Waals surface area contributed by atoms with Gasteiger partial charge in [-0.3, -0.25) is 0 Å². The molecule has 0 bridgehead atoms. The molecule has 1 aliphatic rings. The number of hydrogen-bond acceptors (Lipinski definition) is 2. The van der Waals surface area contributed by atoms with E-state index in [0.29, 0.717) is 0 Å². The average Bonchev–Trinajstić information content (AvgIpc) is 3.08. The van der Waals surface area contributed by atoms with E-state index in [2.05, 4.69) is 40.9 Å². The second-order valence-electron chi connectivity index (χ2n) is 6.86. The summed E-state index contributed by atoms with van der Waals surface area (Å²) >= 11 is 6.34. The van der Waals surface area contributed by atoms with E-state index in [4.69, 9.17) is 21.4 Å². The van der Waals surface area contributed by atoms with Crippen LogP contribution in [-0.2, 0) is 11.2 Å². The molecule has 5 rings (SSSR count). The van der Waals surface area contributed by atoms with Crippen LogP contribution in [0, 0.1) is 0 Å². The molecule has 4 heteroatoms.